The molecule has 30 heavy (non-hydrogen) atoms. The lowest BCUT2D eigenvalue weighted by atomic mass is 10.1. The van der Waals surface area contributed by atoms with Gasteiger partial charge in [-0.15, -0.1) is 22.0 Å². The van der Waals surface area contributed by atoms with E-state index in [-0.39, 0.29) is 5.91 Å². The molecule has 0 radical (unpaired) electrons. The Morgan fingerprint density at radius 2 is 1.70 bits per heavy atom. The zero-order valence-corrected chi connectivity index (χ0v) is 18.0. The Bertz CT molecular complexity index is 950. The summed E-state index contributed by atoms with van der Waals surface area (Å²) in [5.41, 5.74) is 1.06. The molecule has 1 amide bonds. The van der Waals surface area contributed by atoms with E-state index in [9.17, 15) is 4.79 Å². The molecule has 0 N–H and O–H groups in total. The lowest BCUT2D eigenvalue weighted by molar-refractivity contribution is -0.130. The molecule has 3 aromatic rings. The standard InChI is InChI=1S/C21H25N7OS/c1-16(2)30-18-5-3-17(4-6-18)13-21(29)27-11-9-26(10-12-27)19-7-8-20(25-24-19)28-15-22-14-23-28/h3-8,14-16H,9-13H2,1-2H3. The summed E-state index contributed by atoms with van der Waals surface area (Å²) in [7, 11) is 0. The fourth-order valence-electron chi connectivity index (χ4n) is 3.36. The minimum Gasteiger partial charge on any atom is -0.352 e. The van der Waals surface area contributed by atoms with Crippen molar-refractivity contribution < 1.29 is 4.79 Å². The van der Waals surface area contributed by atoms with Crippen molar-refractivity contribution in [3.8, 4) is 5.82 Å². The highest BCUT2D eigenvalue weighted by molar-refractivity contribution is 7.99. The molecule has 0 aliphatic carbocycles. The molecule has 1 aliphatic heterocycles. The van der Waals surface area contributed by atoms with Crippen molar-refractivity contribution in [2.45, 2.75) is 30.4 Å². The average molecular weight is 424 g/mol. The van der Waals surface area contributed by atoms with Gasteiger partial charge in [0.25, 0.3) is 0 Å². The number of benzene rings is 1. The molecule has 0 saturated carbocycles. The number of piperazine rings is 1. The molecular formula is C21H25N7OS. The summed E-state index contributed by atoms with van der Waals surface area (Å²) in [6.45, 7) is 7.22. The minimum atomic E-state index is 0.173. The second-order valence-electron chi connectivity index (χ2n) is 7.44. The molecule has 0 bridgehead atoms. The Labute approximate surface area is 180 Å². The maximum absolute atomic E-state index is 12.7. The van der Waals surface area contributed by atoms with Crippen LogP contribution >= 0.6 is 11.8 Å². The van der Waals surface area contributed by atoms with Crippen LogP contribution in [0.5, 0.6) is 0 Å². The lowest BCUT2D eigenvalue weighted by Crippen LogP contribution is -2.49. The number of hydrogen-bond acceptors (Lipinski definition) is 7. The molecule has 3 heterocycles. The summed E-state index contributed by atoms with van der Waals surface area (Å²) >= 11 is 1.83. The number of amides is 1. The Morgan fingerprint density at radius 3 is 2.30 bits per heavy atom. The minimum absolute atomic E-state index is 0.173. The Morgan fingerprint density at radius 1 is 1.00 bits per heavy atom. The summed E-state index contributed by atoms with van der Waals surface area (Å²) in [6, 6.07) is 12.1. The number of carbonyl (C=O) groups excluding carboxylic acids is 1. The zero-order chi connectivity index (χ0) is 20.9. The largest absolute Gasteiger partial charge is 0.352 e. The van der Waals surface area contributed by atoms with E-state index < -0.39 is 0 Å². The van der Waals surface area contributed by atoms with Gasteiger partial charge in [-0.2, -0.15) is 5.10 Å². The predicted octanol–water partition coefficient (Wildman–Crippen LogP) is 2.45. The summed E-state index contributed by atoms with van der Waals surface area (Å²) < 4.78 is 1.57. The number of aromatic nitrogens is 5. The lowest BCUT2D eigenvalue weighted by Gasteiger charge is -2.35. The Hall–Kier alpha value is -2.94. The van der Waals surface area contributed by atoms with E-state index in [1.165, 1.54) is 11.2 Å². The first-order valence-electron chi connectivity index (χ1n) is 10.1. The van der Waals surface area contributed by atoms with E-state index >= 15 is 0 Å². The van der Waals surface area contributed by atoms with Gasteiger partial charge >= 0.3 is 0 Å². The van der Waals surface area contributed by atoms with Crippen molar-refractivity contribution in [1.82, 2.24) is 29.9 Å². The van der Waals surface area contributed by atoms with Gasteiger partial charge in [0.15, 0.2) is 11.6 Å². The van der Waals surface area contributed by atoms with E-state index in [2.05, 4.69) is 63.3 Å². The fourth-order valence-corrected chi connectivity index (χ4v) is 4.20. The SMILES string of the molecule is CC(C)Sc1ccc(CC(=O)N2CCN(c3ccc(-n4cncn4)nn3)CC2)cc1. The van der Waals surface area contributed by atoms with Crippen LogP contribution in [-0.2, 0) is 11.2 Å². The van der Waals surface area contributed by atoms with Crippen LogP contribution < -0.4 is 4.90 Å². The van der Waals surface area contributed by atoms with Crippen molar-refractivity contribution in [3.63, 3.8) is 0 Å². The number of hydrogen-bond donors (Lipinski definition) is 0. The molecular weight excluding hydrogens is 398 g/mol. The first kappa shape index (κ1) is 20.3. The van der Waals surface area contributed by atoms with Crippen LogP contribution in [0.25, 0.3) is 5.82 Å². The van der Waals surface area contributed by atoms with E-state index in [0.717, 1.165) is 24.5 Å². The second-order valence-corrected chi connectivity index (χ2v) is 9.09. The van der Waals surface area contributed by atoms with Gasteiger partial charge in [0.05, 0.1) is 6.42 Å². The van der Waals surface area contributed by atoms with Gasteiger partial charge in [0.1, 0.15) is 12.7 Å². The van der Waals surface area contributed by atoms with Crippen molar-refractivity contribution in [1.29, 1.82) is 0 Å². The molecule has 2 aromatic heterocycles. The van der Waals surface area contributed by atoms with Crippen LogP contribution in [0.3, 0.4) is 0 Å². The van der Waals surface area contributed by atoms with Crippen LogP contribution in [0.1, 0.15) is 19.4 Å². The summed E-state index contributed by atoms with van der Waals surface area (Å²) in [5.74, 6) is 1.61. The molecule has 0 atom stereocenters. The molecule has 1 fully saturated rings. The van der Waals surface area contributed by atoms with Gasteiger partial charge in [0, 0.05) is 36.3 Å². The molecule has 8 nitrogen and oxygen atoms in total. The molecule has 0 unspecified atom stereocenters. The molecule has 1 saturated heterocycles. The maximum atomic E-state index is 12.7. The highest BCUT2D eigenvalue weighted by Gasteiger charge is 2.22. The van der Waals surface area contributed by atoms with Gasteiger partial charge in [-0.25, -0.2) is 9.67 Å². The van der Waals surface area contributed by atoms with E-state index in [4.69, 9.17) is 0 Å². The topological polar surface area (TPSA) is 80.0 Å². The monoisotopic (exact) mass is 423 g/mol. The van der Waals surface area contributed by atoms with Crippen molar-refractivity contribution in [2.75, 3.05) is 31.1 Å². The van der Waals surface area contributed by atoms with E-state index in [1.807, 2.05) is 28.8 Å². The second kappa shape index (κ2) is 9.25. The molecule has 1 aliphatic rings. The first-order valence-corrected chi connectivity index (χ1v) is 10.9. The van der Waals surface area contributed by atoms with Gasteiger partial charge in [-0.3, -0.25) is 4.79 Å². The first-order chi connectivity index (χ1) is 14.6. The Balaban J connectivity index is 1.29. The number of anilines is 1. The molecule has 156 valence electrons. The smallest absolute Gasteiger partial charge is 0.227 e. The predicted molar refractivity (Wildman–Crippen MR) is 117 cm³/mol. The third kappa shape index (κ3) is 4.96. The highest BCUT2D eigenvalue weighted by Crippen LogP contribution is 2.23. The van der Waals surface area contributed by atoms with Gasteiger partial charge in [-0.05, 0) is 29.8 Å². The van der Waals surface area contributed by atoms with Crippen LogP contribution in [0.2, 0.25) is 0 Å². The van der Waals surface area contributed by atoms with Crippen molar-refractivity contribution in [2.24, 2.45) is 0 Å². The number of carbonyl (C=O) groups is 1. The summed E-state index contributed by atoms with van der Waals surface area (Å²) in [4.78, 5) is 22.0. The number of thioether (sulfide) groups is 1. The fraction of sp³-hybridized carbons (Fsp3) is 0.381. The average Bonchev–Trinajstić information content (AvgIpc) is 3.30. The third-order valence-electron chi connectivity index (χ3n) is 4.90. The molecule has 9 heteroatoms. The molecule has 4 rings (SSSR count). The number of rotatable bonds is 6. The normalized spacial score (nSPS) is 14.4. The zero-order valence-electron chi connectivity index (χ0n) is 17.2. The molecule has 0 spiro atoms. The Kier molecular flexibility index (Phi) is 6.27. The van der Waals surface area contributed by atoms with Gasteiger partial charge in [0.2, 0.25) is 5.91 Å². The van der Waals surface area contributed by atoms with Crippen LogP contribution in [-0.4, -0.2) is 67.2 Å². The van der Waals surface area contributed by atoms with Crippen LogP contribution in [0.4, 0.5) is 5.82 Å². The molecule has 1 aromatic carbocycles. The maximum Gasteiger partial charge on any atom is 0.227 e. The van der Waals surface area contributed by atoms with E-state index in [1.54, 1.807) is 11.0 Å². The summed E-state index contributed by atoms with van der Waals surface area (Å²) in [6.07, 6.45) is 3.49. The van der Waals surface area contributed by atoms with E-state index in [0.29, 0.717) is 30.6 Å². The quantitative estimate of drug-likeness (QED) is 0.564. The third-order valence-corrected chi connectivity index (χ3v) is 5.91. The van der Waals surface area contributed by atoms with Gasteiger partial charge < -0.3 is 9.80 Å². The highest BCUT2D eigenvalue weighted by atomic mass is 32.2. The van der Waals surface area contributed by atoms with Crippen LogP contribution in [0.15, 0.2) is 53.9 Å². The number of nitrogens with zero attached hydrogens (tertiary/aromatic N) is 7. The van der Waals surface area contributed by atoms with Gasteiger partial charge in [-0.1, -0.05) is 26.0 Å². The van der Waals surface area contributed by atoms with Crippen LogP contribution in [0, 0.1) is 0 Å². The van der Waals surface area contributed by atoms with Crippen molar-refractivity contribution >= 4 is 23.5 Å². The van der Waals surface area contributed by atoms with Crippen molar-refractivity contribution in [3.05, 3.63) is 54.6 Å². The summed E-state index contributed by atoms with van der Waals surface area (Å²) in [5, 5.41) is 13.1.